The minimum Gasteiger partial charge on any atom is -0.211 e. The van der Waals surface area contributed by atoms with E-state index >= 15 is 0 Å². The molecule has 0 unspecified atom stereocenters. The first-order valence-electron chi connectivity index (χ1n) is 4.10. The van der Waals surface area contributed by atoms with E-state index in [1.54, 1.807) is 12.1 Å². The highest BCUT2D eigenvalue weighted by Gasteiger charge is 2.06. The maximum absolute atomic E-state index is 10.1. The maximum atomic E-state index is 10.1. The highest BCUT2D eigenvalue weighted by molar-refractivity contribution is 6.30. The Bertz CT molecular complexity index is 331. The maximum Gasteiger partial charge on any atom is 0.235 e. The number of hydrogen-bond acceptors (Lipinski definition) is 2. The van der Waals surface area contributed by atoms with Crippen molar-refractivity contribution in [3.63, 3.8) is 0 Å². The first-order chi connectivity index (χ1) is 6.27. The summed E-state index contributed by atoms with van der Waals surface area (Å²) in [5.41, 5.74) is 0.957. The predicted molar refractivity (Wildman–Crippen MR) is 52.6 cm³/mol. The van der Waals surface area contributed by atoms with Crippen LogP contribution in [0.2, 0.25) is 5.02 Å². The monoisotopic (exact) mass is 195 g/mol. The first-order valence-corrected chi connectivity index (χ1v) is 4.48. The fourth-order valence-corrected chi connectivity index (χ4v) is 1.38. The van der Waals surface area contributed by atoms with Gasteiger partial charge in [-0.05, 0) is 24.1 Å². The van der Waals surface area contributed by atoms with Gasteiger partial charge in [-0.15, -0.1) is 0 Å². The van der Waals surface area contributed by atoms with Crippen LogP contribution in [0.4, 0.5) is 0 Å². The molecule has 0 aliphatic heterocycles. The Hall–Kier alpha value is -1.11. The summed E-state index contributed by atoms with van der Waals surface area (Å²) in [5.74, 6) is 0. The lowest BCUT2D eigenvalue weighted by Crippen LogP contribution is -1.92. The molecule has 2 nitrogen and oxygen atoms in total. The molecule has 13 heavy (non-hydrogen) atoms. The molecule has 0 aliphatic rings. The summed E-state index contributed by atoms with van der Waals surface area (Å²) in [6.45, 7) is 1.96. The molecule has 3 heteroatoms. The van der Waals surface area contributed by atoms with Gasteiger partial charge in [-0.25, -0.2) is 4.79 Å². The molecular formula is C10H10ClNO. The number of rotatable bonds is 3. The van der Waals surface area contributed by atoms with Gasteiger partial charge in [0.05, 0.1) is 6.04 Å². The number of hydrogen-bond donors (Lipinski definition) is 0. The third kappa shape index (κ3) is 2.69. The normalized spacial score (nSPS) is 11.8. The van der Waals surface area contributed by atoms with Gasteiger partial charge in [-0.3, -0.25) is 0 Å². The summed E-state index contributed by atoms with van der Waals surface area (Å²) < 4.78 is 0. The van der Waals surface area contributed by atoms with Crippen molar-refractivity contribution in [1.29, 1.82) is 0 Å². The number of nitrogens with zero attached hydrogens (tertiary/aromatic N) is 1. The van der Waals surface area contributed by atoms with Crippen LogP contribution in [0.3, 0.4) is 0 Å². The largest absolute Gasteiger partial charge is 0.235 e. The van der Waals surface area contributed by atoms with Crippen LogP contribution >= 0.6 is 11.6 Å². The van der Waals surface area contributed by atoms with Gasteiger partial charge in [0, 0.05) is 5.02 Å². The van der Waals surface area contributed by atoms with Gasteiger partial charge >= 0.3 is 0 Å². The Kier molecular flexibility index (Phi) is 3.69. The summed E-state index contributed by atoms with van der Waals surface area (Å²) in [6.07, 6.45) is 2.34. The van der Waals surface area contributed by atoms with Gasteiger partial charge in [0.2, 0.25) is 6.08 Å². The molecular weight excluding hydrogens is 186 g/mol. The number of halogens is 1. The fraction of sp³-hybridized carbons (Fsp3) is 0.300. The number of isocyanates is 1. The van der Waals surface area contributed by atoms with E-state index in [4.69, 9.17) is 11.6 Å². The highest BCUT2D eigenvalue weighted by Crippen LogP contribution is 2.22. The number of carbonyl (C=O) groups excluding carboxylic acids is 1. The van der Waals surface area contributed by atoms with Crippen LogP contribution in [0.1, 0.15) is 24.9 Å². The van der Waals surface area contributed by atoms with E-state index in [1.807, 2.05) is 25.1 Å². The second-order valence-corrected chi connectivity index (χ2v) is 3.14. The van der Waals surface area contributed by atoms with Gasteiger partial charge in [0.15, 0.2) is 0 Å². The summed E-state index contributed by atoms with van der Waals surface area (Å²) in [7, 11) is 0. The van der Waals surface area contributed by atoms with E-state index in [-0.39, 0.29) is 6.04 Å². The molecule has 0 saturated heterocycles. The molecule has 0 spiro atoms. The lowest BCUT2D eigenvalue weighted by atomic mass is 10.1. The summed E-state index contributed by atoms with van der Waals surface area (Å²) in [4.78, 5) is 13.8. The Morgan fingerprint density at radius 3 is 2.92 bits per heavy atom. The predicted octanol–water partition coefficient (Wildman–Crippen LogP) is 3.13. The van der Waals surface area contributed by atoms with E-state index < -0.39 is 0 Å². The van der Waals surface area contributed by atoms with Gasteiger partial charge in [-0.1, -0.05) is 30.7 Å². The Morgan fingerprint density at radius 1 is 1.62 bits per heavy atom. The van der Waals surface area contributed by atoms with E-state index in [1.165, 1.54) is 0 Å². The second-order valence-electron chi connectivity index (χ2n) is 2.70. The molecule has 0 fully saturated rings. The third-order valence-corrected chi connectivity index (χ3v) is 2.06. The molecule has 68 valence electrons. The van der Waals surface area contributed by atoms with Crippen LogP contribution in [-0.4, -0.2) is 6.08 Å². The third-order valence-electron chi connectivity index (χ3n) is 1.83. The van der Waals surface area contributed by atoms with Crippen molar-refractivity contribution in [1.82, 2.24) is 0 Å². The average Bonchev–Trinajstić information content (AvgIpc) is 2.14. The first kappa shape index (κ1) is 9.97. The molecule has 0 aliphatic carbocycles. The van der Waals surface area contributed by atoms with Crippen molar-refractivity contribution in [2.24, 2.45) is 4.99 Å². The zero-order valence-corrected chi connectivity index (χ0v) is 8.08. The molecule has 0 aromatic heterocycles. The summed E-state index contributed by atoms with van der Waals surface area (Å²) in [5, 5.41) is 0.664. The molecule has 0 N–H and O–H groups in total. The van der Waals surface area contributed by atoms with Crippen molar-refractivity contribution in [2.45, 2.75) is 19.4 Å². The Labute approximate surface area is 82.3 Å². The summed E-state index contributed by atoms with van der Waals surface area (Å²) in [6, 6.07) is 7.25. The lowest BCUT2D eigenvalue weighted by molar-refractivity contribution is 0.556. The average molecular weight is 196 g/mol. The van der Waals surface area contributed by atoms with E-state index in [0.717, 1.165) is 12.0 Å². The minimum atomic E-state index is -0.115. The van der Waals surface area contributed by atoms with Crippen LogP contribution in [-0.2, 0) is 4.79 Å². The minimum absolute atomic E-state index is 0.115. The molecule has 0 heterocycles. The zero-order chi connectivity index (χ0) is 9.68. The van der Waals surface area contributed by atoms with Gasteiger partial charge in [0.1, 0.15) is 0 Å². The molecule has 1 atom stereocenters. The Morgan fingerprint density at radius 2 is 2.38 bits per heavy atom. The SMILES string of the molecule is CC[C@@H](N=C=O)c1cccc(Cl)c1. The molecule has 0 amide bonds. The zero-order valence-electron chi connectivity index (χ0n) is 7.33. The van der Waals surface area contributed by atoms with Crippen molar-refractivity contribution in [3.05, 3.63) is 34.9 Å². The quantitative estimate of drug-likeness (QED) is 0.538. The van der Waals surface area contributed by atoms with Crippen LogP contribution in [0.5, 0.6) is 0 Å². The van der Waals surface area contributed by atoms with Crippen molar-refractivity contribution in [2.75, 3.05) is 0 Å². The summed E-state index contributed by atoms with van der Waals surface area (Å²) >= 11 is 5.81. The van der Waals surface area contributed by atoms with Crippen molar-refractivity contribution >= 4 is 17.7 Å². The van der Waals surface area contributed by atoms with E-state index in [0.29, 0.717) is 5.02 Å². The van der Waals surface area contributed by atoms with Gasteiger partial charge in [0.25, 0.3) is 0 Å². The van der Waals surface area contributed by atoms with Crippen molar-refractivity contribution in [3.8, 4) is 0 Å². The van der Waals surface area contributed by atoms with Gasteiger partial charge < -0.3 is 0 Å². The van der Waals surface area contributed by atoms with Crippen LogP contribution in [0, 0.1) is 0 Å². The smallest absolute Gasteiger partial charge is 0.211 e. The molecule has 1 rings (SSSR count). The lowest BCUT2D eigenvalue weighted by Gasteiger charge is -2.07. The molecule has 1 aromatic carbocycles. The molecule has 0 bridgehead atoms. The van der Waals surface area contributed by atoms with Crippen LogP contribution in [0.25, 0.3) is 0 Å². The van der Waals surface area contributed by atoms with E-state index in [9.17, 15) is 4.79 Å². The second kappa shape index (κ2) is 4.80. The van der Waals surface area contributed by atoms with Crippen LogP contribution in [0.15, 0.2) is 29.3 Å². The van der Waals surface area contributed by atoms with Gasteiger partial charge in [-0.2, -0.15) is 4.99 Å². The molecule has 0 saturated carbocycles. The number of aliphatic imine (C=N–C) groups is 1. The molecule has 1 aromatic rings. The van der Waals surface area contributed by atoms with Crippen molar-refractivity contribution < 1.29 is 4.79 Å². The highest BCUT2D eigenvalue weighted by atomic mass is 35.5. The number of benzene rings is 1. The fourth-order valence-electron chi connectivity index (χ4n) is 1.18. The topological polar surface area (TPSA) is 29.4 Å². The molecule has 0 radical (unpaired) electrons. The van der Waals surface area contributed by atoms with Crippen LogP contribution < -0.4 is 0 Å². The van der Waals surface area contributed by atoms with E-state index in [2.05, 4.69) is 4.99 Å². The standard InChI is InChI=1S/C10H10ClNO/c1-2-10(12-7-13)8-4-3-5-9(11)6-8/h3-6,10H,2H2,1H3/t10-/m1/s1. The Balaban J connectivity index is 2.97.